The Labute approximate surface area is 155 Å². The number of halogens is 1. The van der Waals surface area contributed by atoms with Gasteiger partial charge < -0.3 is 9.57 Å². The fourth-order valence-corrected chi connectivity index (χ4v) is 2.99. The van der Waals surface area contributed by atoms with Crippen LogP contribution in [0.15, 0.2) is 23.3 Å². The van der Waals surface area contributed by atoms with Crippen LogP contribution in [-0.2, 0) is 13.9 Å². The second kappa shape index (κ2) is 10.5. The minimum Gasteiger partial charge on any atom is -0.496 e. The number of hydrogen-bond donors (Lipinski definition) is 2. The Kier molecular flexibility index (Phi) is 8.36. The van der Waals surface area contributed by atoms with Crippen LogP contribution in [0.4, 0.5) is 0 Å². The molecule has 2 rings (SSSR count). The summed E-state index contributed by atoms with van der Waals surface area (Å²) in [5.41, 5.74) is 2.36. The minimum atomic E-state index is -0.354. The van der Waals surface area contributed by atoms with Gasteiger partial charge in [0.2, 0.25) is 11.0 Å². The summed E-state index contributed by atoms with van der Waals surface area (Å²) in [6, 6.07) is 5.43. The van der Waals surface area contributed by atoms with Gasteiger partial charge in [-0.15, -0.1) is 0 Å². The number of nitrogens with one attached hydrogen (secondary N) is 1. The Balaban J connectivity index is 1.74. The monoisotopic (exact) mass is 388 g/mol. The van der Waals surface area contributed by atoms with E-state index >= 15 is 0 Å². The summed E-state index contributed by atoms with van der Waals surface area (Å²) in [5, 5.41) is 11.0. The first-order valence-electron chi connectivity index (χ1n) is 7.91. The third-order valence-corrected chi connectivity index (χ3v) is 4.44. The highest BCUT2D eigenvalue weighted by atomic mass is 35.5. The largest absolute Gasteiger partial charge is 0.496 e. The molecule has 0 unspecified atom stereocenters. The van der Waals surface area contributed by atoms with Crippen molar-refractivity contribution in [3.8, 4) is 5.75 Å². The summed E-state index contributed by atoms with van der Waals surface area (Å²) in [4.78, 5) is 16.5. The Morgan fingerprint density at radius 1 is 1.40 bits per heavy atom. The zero-order chi connectivity index (χ0) is 18.1. The van der Waals surface area contributed by atoms with E-state index in [1.165, 1.54) is 5.23 Å². The molecule has 9 heteroatoms. The van der Waals surface area contributed by atoms with Crippen molar-refractivity contribution in [2.75, 3.05) is 13.7 Å². The molecule has 2 N–H and O–H groups in total. The van der Waals surface area contributed by atoms with Crippen molar-refractivity contribution in [3.05, 3.63) is 33.9 Å². The molecule has 1 aromatic rings. The molecule has 7 nitrogen and oxygen atoms in total. The molecule has 1 amide bonds. The fourth-order valence-electron chi connectivity index (χ4n) is 2.23. The summed E-state index contributed by atoms with van der Waals surface area (Å²) in [5.74, 6) is 0.307. The molecular weight excluding hydrogens is 368 g/mol. The standard InChI is InChI=1S/C16H21ClN2O5S/c1-22-14-8-6-7-13(17)12(14)11-16-23-19(24-25-16)10-5-3-2-4-9-15(20)18-21/h6-8,11,21H,2-5,9-10H2,1H3,(H,18,20)/b16-11-. The van der Waals surface area contributed by atoms with Crippen LogP contribution in [0.25, 0.3) is 6.08 Å². The lowest BCUT2D eigenvalue weighted by Crippen LogP contribution is -2.18. The Hall–Kier alpha value is -1.45. The first-order chi connectivity index (χ1) is 12.1. The first kappa shape index (κ1) is 19.9. The van der Waals surface area contributed by atoms with Crippen molar-refractivity contribution in [2.45, 2.75) is 32.1 Å². The van der Waals surface area contributed by atoms with Gasteiger partial charge in [-0.3, -0.25) is 10.0 Å². The van der Waals surface area contributed by atoms with Gasteiger partial charge in [-0.2, -0.15) is 4.28 Å². The lowest BCUT2D eigenvalue weighted by Gasteiger charge is -2.10. The average Bonchev–Trinajstić information content (AvgIpc) is 3.06. The van der Waals surface area contributed by atoms with Crippen LogP contribution in [0, 0.1) is 0 Å². The quantitative estimate of drug-likeness (QED) is 0.287. The van der Waals surface area contributed by atoms with E-state index in [1.54, 1.807) is 24.7 Å². The topological polar surface area (TPSA) is 80.3 Å². The average molecular weight is 389 g/mol. The number of nitrogens with zero attached hydrogens (tertiary/aromatic N) is 1. The molecule has 0 saturated carbocycles. The number of amides is 1. The molecule has 1 aliphatic heterocycles. The summed E-state index contributed by atoms with van der Waals surface area (Å²) in [6.07, 6.45) is 5.54. The highest BCUT2D eigenvalue weighted by Crippen LogP contribution is 2.35. The molecule has 1 saturated heterocycles. The van der Waals surface area contributed by atoms with Crippen LogP contribution in [0.2, 0.25) is 5.02 Å². The van der Waals surface area contributed by atoms with E-state index in [0.717, 1.165) is 43.3 Å². The van der Waals surface area contributed by atoms with E-state index in [-0.39, 0.29) is 5.91 Å². The number of unbranched alkanes of at least 4 members (excludes halogenated alkanes) is 3. The first-order valence-corrected chi connectivity index (χ1v) is 9.03. The van der Waals surface area contributed by atoms with Gasteiger partial charge in [-0.25, -0.2) is 5.48 Å². The molecule has 0 radical (unpaired) electrons. The van der Waals surface area contributed by atoms with Crippen LogP contribution < -0.4 is 10.2 Å². The molecule has 0 atom stereocenters. The van der Waals surface area contributed by atoms with Gasteiger partial charge >= 0.3 is 0 Å². The number of methoxy groups -OCH3 is 1. The van der Waals surface area contributed by atoms with Crippen molar-refractivity contribution in [1.29, 1.82) is 0 Å². The van der Waals surface area contributed by atoms with E-state index in [9.17, 15) is 4.79 Å². The smallest absolute Gasteiger partial charge is 0.243 e. The summed E-state index contributed by atoms with van der Waals surface area (Å²) < 4.78 is 10.7. The second-order valence-corrected chi connectivity index (χ2v) is 6.45. The van der Waals surface area contributed by atoms with E-state index in [4.69, 9.17) is 30.7 Å². The van der Waals surface area contributed by atoms with Crippen LogP contribution in [0.3, 0.4) is 0 Å². The SMILES string of the molecule is COc1cccc(Cl)c1/C=C1/ON(CCCCCCC(=O)NO)OS1. The third-order valence-electron chi connectivity index (χ3n) is 3.51. The van der Waals surface area contributed by atoms with Gasteiger partial charge in [0, 0.05) is 18.1 Å². The summed E-state index contributed by atoms with van der Waals surface area (Å²) >= 11 is 7.32. The fraction of sp³-hybridized carbons (Fsp3) is 0.438. The third kappa shape index (κ3) is 6.41. The van der Waals surface area contributed by atoms with Gasteiger partial charge in [-0.05, 0) is 30.2 Å². The number of ether oxygens (including phenoxy) is 1. The van der Waals surface area contributed by atoms with Crippen molar-refractivity contribution >= 4 is 35.6 Å². The number of benzene rings is 1. The zero-order valence-corrected chi connectivity index (χ0v) is 15.4. The van der Waals surface area contributed by atoms with Crippen LogP contribution >= 0.6 is 23.6 Å². The predicted molar refractivity (Wildman–Crippen MR) is 95.5 cm³/mol. The van der Waals surface area contributed by atoms with Gasteiger partial charge in [0.25, 0.3) is 0 Å². The molecule has 0 bridgehead atoms. The molecule has 1 heterocycles. The maximum atomic E-state index is 10.9. The predicted octanol–water partition coefficient (Wildman–Crippen LogP) is 3.93. The Morgan fingerprint density at radius 3 is 2.96 bits per heavy atom. The van der Waals surface area contributed by atoms with E-state index in [1.807, 2.05) is 12.1 Å². The summed E-state index contributed by atoms with van der Waals surface area (Å²) in [6.45, 7) is 0.607. The molecule has 0 aliphatic carbocycles. The highest BCUT2D eigenvalue weighted by Gasteiger charge is 2.22. The lowest BCUT2D eigenvalue weighted by atomic mass is 10.1. The molecule has 1 aromatic carbocycles. The van der Waals surface area contributed by atoms with Crippen molar-refractivity contribution in [1.82, 2.24) is 10.7 Å². The maximum Gasteiger partial charge on any atom is 0.243 e. The second-order valence-electron chi connectivity index (χ2n) is 5.32. The van der Waals surface area contributed by atoms with Gasteiger partial charge in [-0.1, -0.05) is 30.5 Å². The van der Waals surface area contributed by atoms with Gasteiger partial charge in [0.1, 0.15) is 5.75 Å². The Bertz CT molecular complexity index is 614. The molecule has 0 aromatic heterocycles. The Morgan fingerprint density at radius 2 is 2.20 bits per heavy atom. The summed E-state index contributed by atoms with van der Waals surface area (Å²) in [7, 11) is 1.59. The van der Waals surface area contributed by atoms with Gasteiger partial charge in [0.05, 0.1) is 30.7 Å². The molecule has 1 fully saturated rings. The minimum absolute atomic E-state index is 0.329. The van der Waals surface area contributed by atoms with Crippen LogP contribution in [0.5, 0.6) is 5.75 Å². The van der Waals surface area contributed by atoms with Crippen molar-refractivity contribution in [2.24, 2.45) is 0 Å². The number of hydrogen-bond acceptors (Lipinski definition) is 7. The van der Waals surface area contributed by atoms with Crippen molar-refractivity contribution < 1.29 is 23.9 Å². The number of carbonyl (C=O) groups excluding carboxylic acids is 1. The van der Waals surface area contributed by atoms with Gasteiger partial charge in [0.15, 0.2) is 0 Å². The number of carbonyl (C=O) groups is 1. The normalized spacial score (nSPS) is 16.0. The molecule has 0 spiro atoms. The molecule has 25 heavy (non-hydrogen) atoms. The van der Waals surface area contributed by atoms with Crippen molar-refractivity contribution in [3.63, 3.8) is 0 Å². The lowest BCUT2D eigenvalue weighted by molar-refractivity contribution is -0.259. The maximum absolute atomic E-state index is 10.9. The molecule has 1 aliphatic rings. The van der Waals surface area contributed by atoms with Crippen LogP contribution in [0.1, 0.15) is 37.7 Å². The van der Waals surface area contributed by atoms with E-state index in [0.29, 0.717) is 28.8 Å². The number of rotatable bonds is 9. The van der Waals surface area contributed by atoms with E-state index < -0.39 is 0 Å². The highest BCUT2D eigenvalue weighted by molar-refractivity contribution is 7.98. The number of hydroxylamine groups is 3. The molecular formula is C16H21ClN2O5S. The van der Waals surface area contributed by atoms with Crippen LogP contribution in [-0.4, -0.2) is 30.0 Å². The molecule has 138 valence electrons. The zero-order valence-electron chi connectivity index (χ0n) is 13.9. The van der Waals surface area contributed by atoms with E-state index in [2.05, 4.69) is 0 Å².